The molecule has 0 fully saturated rings. The van der Waals surface area contributed by atoms with Crippen LogP contribution in [0.4, 0.5) is 10.5 Å². The van der Waals surface area contributed by atoms with E-state index in [4.69, 9.17) is 27.9 Å². The highest BCUT2D eigenvalue weighted by molar-refractivity contribution is 7.98. The van der Waals surface area contributed by atoms with E-state index in [1.807, 2.05) is 30.3 Å². The molecule has 2 N–H and O–H groups in total. The Hall–Kier alpha value is -3.53. The maximum atomic E-state index is 12.6. The van der Waals surface area contributed by atoms with Crippen LogP contribution < -0.4 is 10.6 Å². The minimum absolute atomic E-state index is 0.0779. The summed E-state index contributed by atoms with van der Waals surface area (Å²) in [6, 6.07) is 21.1. The molecule has 3 aromatic carbocycles. The van der Waals surface area contributed by atoms with Crippen LogP contribution in [-0.2, 0) is 17.0 Å². The van der Waals surface area contributed by atoms with Gasteiger partial charge in [0.25, 0.3) is 0 Å². The van der Waals surface area contributed by atoms with Gasteiger partial charge in [-0.1, -0.05) is 65.3 Å². The van der Waals surface area contributed by atoms with E-state index in [0.29, 0.717) is 50.3 Å². The molecule has 4 aromatic rings. The molecule has 2 amide bonds. The molecule has 1 heterocycles. The normalized spacial score (nSPS) is 10.7. The Bertz CT molecular complexity index is 1380. The average molecular weight is 556 g/mol. The molecular weight excluding hydrogens is 533 g/mol. The molecular formula is C26H23Cl2N5O3S. The highest BCUT2D eigenvalue weighted by Gasteiger charge is 2.18. The lowest BCUT2D eigenvalue weighted by atomic mass is 10.2. The molecule has 0 aliphatic carbocycles. The van der Waals surface area contributed by atoms with Crippen LogP contribution in [0.5, 0.6) is 0 Å². The largest absolute Gasteiger partial charge is 0.462 e. The van der Waals surface area contributed by atoms with Gasteiger partial charge >= 0.3 is 12.0 Å². The van der Waals surface area contributed by atoms with Crippen molar-refractivity contribution in [3.8, 4) is 5.69 Å². The van der Waals surface area contributed by atoms with Gasteiger partial charge in [-0.2, -0.15) is 0 Å². The van der Waals surface area contributed by atoms with Crippen molar-refractivity contribution in [1.29, 1.82) is 0 Å². The summed E-state index contributed by atoms with van der Waals surface area (Å²) in [6.45, 7) is 2.11. The van der Waals surface area contributed by atoms with E-state index in [2.05, 4.69) is 20.8 Å². The summed E-state index contributed by atoms with van der Waals surface area (Å²) in [5, 5.41) is 15.7. The van der Waals surface area contributed by atoms with Gasteiger partial charge in [0.05, 0.1) is 29.4 Å². The van der Waals surface area contributed by atoms with Crippen LogP contribution >= 0.6 is 35.0 Å². The third kappa shape index (κ3) is 7.03. The number of nitrogens with zero attached hydrogens (tertiary/aromatic N) is 3. The van der Waals surface area contributed by atoms with Crippen molar-refractivity contribution in [2.45, 2.75) is 24.4 Å². The van der Waals surface area contributed by atoms with Crippen molar-refractivity contribution in [1.82, 2.24) is 20.1 Å². The fraction of sp³-hybridized carbons (Fsp3) is 0.154. The predicted octanol–water partition coefficient (Wildman–Crippen LogP) is 6.36. The lowest BCUT2D eigenvalue weighted by molar-refractivity contribution is 0.0526. The number of thioether (sulfide) groups is 1. The Labute approximate surface area is 228 Å². The van der Waals surface area contributed by atoms with Gasteiger partial charge in [-0.15, -0.1) is 10.2 Å². The summed E-state index contributed by atoms with van der Waals surface area (Å²) in [6.07, 6.45) is 0. The number of rotatable bonds is 9. The molecule has 0 unspecified atom stereocenters. The molecule has 0 aliphatic heterocycles. The number of anilines is 1. The second-order valence-electron chi connectivity index (χ2n) is 7.71. The van der Waals surface area contributed by atoms with Gasteiger partial charge in [-0.3, -0.25) is 4.57 Å². The lowest BCUT2D eigenvalue weighted by Crippen LogP contribution is -2.29. The maximum absolute atomic E-state index is 12.6. The van der Waals surface area contributed by atoms with Gasteiger partial charge in [-0.25, -0.2) is 9.59 Å². The minimum Gasteiger partial charge on any atom is -0.462 e. The number of ether oxygens (including phenoxy) is 1. The van der Waals surface area contributed by atoms with E-state index in [1.165, 1.54) is 11.8 Å². The number of halogens is 2. The molecule has 0 aliphatic rings. The first-order valence-electron chi connectivity index (χ1n) is 11.3. The number of esters is 1. The Morgan fingerprint density at radius 1 is 1.00 bits per heavy atom. The quantitative estimate of drug-likeness (QED) is 0.184. The average Bonchev–Trinajstić information content (AvgIpc) is 3.31. The first-order valence-corrected chi connectivity index (χ1v) is 13.1. The van der Waals surface area contributed by atoms with E-state index in [1.54, 1.807) is 54.0 Å². The summed E-state index contributed by atoms with van der Waals surface area (Å²) in [4.78, 5) is 24.4. The highest BCUT2D eigenvalue weighted by Crippen LogP contribution is 2.31. The fourth-order valence-electron chi connectivity index (χ4n) is 3.37. The third-order valence-corrected chi connectivity index (χ3v) is 6.68. The Morgan fingerprint density at radius 2 is 1.76 bits per heavy atom. The van der Waals surface area contributed by atoms with E-state index >= 15 is 0 Å². The molecule has 0 spiro atoms. The van der Waals surface area contributed by atoms with Crippen LogP contribution in [0.25, 0.3) is 5.69 Å². The smallest absolute Gasteiger partial charge is 0.338 e. The summed E-state index contributed by atoms with van der Waals surface area (Å²) in [5.41, 5.74) is 2.66. The third-order valence-electron chi connectivity index (χ3n) is 5.12. The zero-order valence-corrected chi connectivity index (χ0v) is 22.1. The number of amides is 2. The number of urea groups is 1. The van der Waals surface area contributed by atoms with E-state index < -0.39 is 12.0 Å². The lowest BCUT2D eigenvalue weighted by Gasteiger charge is -2.13. The van der Waals surface area contributed by atoms with Gasteiger partial charge in [0.1, 0.15) is 0 Å². The molecule has 4 rings (SSSR count). The second-order valence-corrected chi connectivity index (χ2v) is 9.50. The molecule has 11 heteroatoms. The van der Waals surface area contributed by atoms with Crippen LogP contribution in [-0.4, -0.2) is 33.4 Å². The first kappa shape index (κ1) is 26.5. The number of hydrogen-bond acceptors (Lipinski definition) is 6. The van der Waals surface area contributed by atoms with Crippen molar-refractivity contribution >= 4 is 52.7 Å². The number of carbonyl (C=O) groups excluding carboxylic acids is 2. The Kier molecular flexibility index (Phi) is 9.05. The van der Waals surface area contributed by atoms with E-state index in [0.717, 1.165) is 5.56 Å². The number of aromatic nitrogens is 3. The van der Waals surface area contributed by atoms with Gasteiger partial charge in [0.2, 0.25) is 0 Å². The van der Waals surface area contributed by atoms with E-state index in [-0.39, 0.29) is 6.54 Å². The number of nitrogens with one attached hydrogen (secondary N) is 2. The minimum atomic E-state index is -0.450. The van der Waals surface area contributed by atoms with E-state index in [9.17, 15) is 9.59 Å². The zero-order valence-electron chi connectivity index (χ0n) is 19.8. The van der Waals surface area contributed by atoms with Gasteiger partial charge < -0.3 is 15.4 Å². The van der Waals surface area contributed by atoms with Crippen LogP contribution in [0.15, 0.2) is 78.0 Å². The van der Waals surface area contributed by atoms with Gasteiger partial charge in [0, 0.05) is 16.5 Å². The number of hydrogen-bond donors (Lipinski definition) is 2. The maximum Gasteiger partial charge on any atom is 0.338 e. The number of carbonyl (C=O) groups is 2. The molecule has 0 saturated heterocycles. The molecule has 0 radical (unpaired) electrons. The number of benzene rings is 3. The molecule has 1 aromatic heterocycles. The Morgan fingerprint density at radius 3 is 2.49 bits per heavy atom. The van der Waals surface area contributed by atoms with Crippen LogP contribution in [0.2, 0.25) is 10.0 Å². The molecule has 37 heavy (non-hydrogen) atoms. The predicted molar refractivity (Wildman–Crippen MR) is 146 cm³/mol. The molecule has 0 atom stereocenters. The van der Waals surface area contributed by atoms with Crippen LogP contribution in [0.1, 0.15) is 28.7 Å². The topological polar surface area (TPSA) is 98.1 Å². The van der Waals surface area contributed by atoms with Crippen LogP contribution in [0.3, 0.4) is 0 Å². The first-order chi connectivity index (χ1) is 17.9. The second kappa shape index (κ2) is 12.6. The molecule has 0 bridgehead atoms. The van der Waals surface area contributed by atoms with Gasteiger partial charge in [-0.05, 0) is 55.0 Å². The van der Waals surface area contributed by atoms with Crippen molar-refractivity contribution in [3.05, 3.63) is 99.8 Å². The summed E-state index contributed by atoms with van der Waals surface area (Å²) in [7, 11) is 0. The van der Waals surface area contributed by atoms with Crippen molar-refractivity contribution in [2.24, 2.45) is 0 Å². The molecule has 190 valence electrons. The van der Waals surface area contributed by atoms with Crippen LogP contribution in [0, 0.1) is 0 Å². The molecule has 8 nitrogen and oxygen atoms in total. The summed E-state index contributed by atoms with van der Waals surface area (Å²) < 4.78 is 6.76. The van der Waals surface area contributed by atoms with Crippen molar-refractivity contribution in [3.63, 3.8) is 0 Å². The SMILES string of the molecule is CCOC(=O)c1ccc(NC(=O)NCc2nnc(SCc3ccccc3)n2-c2cc(Cl)ccc2Cl)cc1. The van der Waals surface area contributed by atoms with Crippen molar-refractivity contribution in [2.75, 3.05) is 11.9 Å². The fourth-order valence-corrected chi connectivity index (χ4v) is 4.66. The van der Waals surface area contributed by atoms with Gasteiger partial charge in [0.15, 0.2) is 11.0 Å². The molecule has 0 saturated carbocycles. The zero-order chi connectivity index (χ0) is 26.2. The monoisotopic (exact) mass is 555 g/mol. The van der Waals surface area contributed by atoms with Crippen molar-refractivity contribution < 1.29 is 14.3 Å². The summed E-state index contributed by atoms with van der Waals surface area (Å²) in [5.74, 6) is 0.735. The Balaban J connectivity index is 1.48. The highest BCUT2D eigenvalue weighted by atomic mass is 35.5. The summed E-state index contributed by atoms with van der Waals surface area (Å²) >= 11 is 14.2. The standard InChI is InChI=1S/C26H23Cl2N5O3S/c1-2-36-24(34)18-8-11-20(12-9-18)30-25(35)29-15-23-31-32-26(37-16-17-6-4-3-5-7-17)33(23)22-14-19(27)10-13-21(22)28/h3-14H,2,15-16H2,1H3,(H2,29,30,35).